The van der Waals surface area contributed by atoms with Crippen molar-refractivity contribution < 1.29 is 17.7 Å². The predicted molar refractivity (Wildman–Crippen MR) is 38.1 cm³/mol. The number of rotatable bonds is 2. The number of aryl methyl sites for hydroxylation is 1. The summed E-state index contributed by atoms with van der Waals surface area (Å²) < 4.78 is 40.8. The van der Waals surface area contributed by atoms with Crippen molar-refractivity contribution in [1.82, 2.24) is 10.1 Å². The maximum Gasteiger partial charge on any atom is 0.400 e. The molecule has 13 heavy (non-hydrogen) atoms. The summed E-state index contributed by atoms with van der Waals surface area (Å²) in [6.45, 7) is 2.74. The van der Waals surface area contributed by atoms with Crippen molar-refractivity contribution in [2.24, 2.45) is 0 Å². The average molecular weight is 194 g/mol. The standard InChI is InChI=1S/C7H9F3N2O/c1-3-5-11-6(13-12-5)4(2)7(8,9)10/h4H,3H2,1-2H3. The van der Waals surface area contributed by atoms with Crippen LogP contribution in [-0.2, 0) is 6.42 Å². The molecule has 1 aromatic rings. The maximum atomic E-state index is 12.1. The first-order valence-corrected chi connectivity index (χ1v) is 3.84. The normalized spacial score (nSPS) is 14.5. The van der Waals surface area contributed by atoms with E-state index in [9.17, 15) is 13.2 Å². The fraction of sp³-hybridized carbons (Fsp3) is 0.714. The number of hydrogen-bond donors (Lipinski definition) is 0. The molecule has 0 fully saturated rings. The van der Waals surface area contributed by atoms with Crippen LogP contribution >= 0.6 is 0 Å². The van der Waals surface area contributed by atoms with Gasteiger partial charge >= 0.3 is 6.18 Å². The van der Waals surface area contributed by atoms with Gasteiger partial charge in [0, 0.05) is 6.42 Å². The van der Waals surface area contributed by atoms with Crippen molar-refractivity contribution in [2.75, 3.05) is 0 Å². The second kappa shape index (κ2) is 3.35. The Labute approximate surface area is 72.9 Å². The lowest BCUT2D eigenvalue weighted by atomic mass is 10.2. The van der Waals surface area contributed by atoms with Gasteiger partial charge in [-0.1, -0.05) is 12.1 Å². The molecule has 0 aliphatic rings. The van der Waals surface area contributed by atoms with Crippen molar-refractivity contribution in [3.8, 4) is 0 Å². The Balaban J connectivity index is 2.83. The molecule has 0 aliphatic heterocycles. The summed E-state index contributed by atoms with van der Waals surface area (Å²) in [5, 5.41) is 3.38. The van der Waals surface area contributed by atoms with E-state index in [1.54, 1.807) is 6.92 Å². The van der Waals surface area contributed by atoms with Gasteiger partial charge in [-0.15, -0.1) is 0 Å². The first-order valence-electron chi connectivity index (χ1n) is 3.84. The Bertz CT molecular complexity index is 282. The highest BCUT2D eigenvalue weighted by Gasteiger charge is 2.40. The second-order valence-electron chi connectivity index (χ2n) is 2.67. The fourth-order valence-corrected chi connectivity index (χ4v) is 0.727. The van der Waals surface area contributed by atoms with Crippen LogP contribution in [0.15, 0.2) is 4.52 Å². The number of hydrogen-bond acceptors (Lipinski definition) is 3. The first-order chi connectivity index (χ1) is 5.95. The first kappa shape index (κ1) is 10.0. The monoisotopic (exact) mass is 194 g/mol. The minimum Gasteiger partial charge on any atom is -0.339 e. The van der Waals surface area contributed by atoms with Crippen LogP contribution in [-0.4, -0.2) is 16.3 Å². The Morgan fingerprint density at radius 1 is 1.46 bits per heavy atom. The van der Waals surface area contributed by atoms with Crippen LogP contribution in [0, 0.1) is 0 Å². The molecule has 0 saturated carbocycles. The van der Waals surface area contributed by atoms with Gasteiger partial charge < -0.3 is 4.52 Å². The third kappa shape index (κ3) is 2.19. The number of alkyl halides is 3. The number of nitrogens with zero attached hydrogens (tertiary/aromatic N) is 2. The number of halogens is 3. The van der Waals surface area contributed by atoms with Gasteiger partial charge in [-0.25, -0.2) is 0 Å². The predicted octanol–water partition coefficient (Wildman–Crippen LogP) is 2.30. The molecule has 1 unspecified atom stereocenters. The molecule has 0 aliphatic carbocycles. The van der Waals surface area contributed by atoms with Gasteiger partial charge in [-0.05, 0) is 6.92 Å². The molecule has 0 spiro atoms. The summed E-state index contributed by atoms with van der Waals surface area (Å²) in [4.78, 5) is 3.60. The summed E-state index contributed by atoms with van der Waals surface area (Å²) in [6, 6.07) is 0. The van der Waals surface area contributed by atoms with Gasteiger partial charge in [0.05, 0.1) is 0 Å². The van der Waals surface area contributed by atoms with Gasteiger partial charge in [0.25, 0.3) is 0 Å². The average Bonchev–Trinajstić information content (AvgIpc) is 2.48. The van der Waals surface area contributed by atoms with Crippen LogP contribution < -0.4 is 0 Å². The summed E-state index contributed by atoms with van der Waals surface area (Å²) >= 11 is 0. The molecule has 0 N–H and O–H groups in total. The van der Waals surface area contributed by atoms with Crippen molar-refractivity contribution >= 4 is 0 Å². The second-order valence-corrected chi connectivity index (χ2v) is 2.67. The third-order valence-electron chi connectivity index (χ3n) is 1.66. The van der Waals surface area contributed by atoms with E-state index < -0.39 is 12.1 Å². The van der Waals surface area contributed by atoms with Crippen LogP contribution in [0.25, 0.3) is 0 Å². The van der Waals surface area contributed by atoms with Crippen LogP contribution in [0.2, 0.25) is 0 Å². The summed E-state index contributed by atoms with van der Waals surface area (Å²) in [6.07, 6.45) is -3.86. The molecule has 0 amide bonds. The van der Waals surface area contributed by atoms with E-state index in [1.807, 2.05) is 0 Å². The molecule has 0 radical (unpaired) electrons. The molecule has 0 bridgehead atoms. The van der Waals surface area contributed by atoms with Gasteiger partial charge in [0.2, 0.25) is 5.89 Å². The van der Waals surface area contributed by atoms with Crippen molar-refractivity contribution in [3.05, 3.63) is 11.7 Å². The Morgan fingerprint density at radius 2 is 2.08 bits per heavy atom. The summed E-state index contributed by atoms with van der Waals surface area (Å²) in [7, 11) is 0. The fourth-order valence-electron chi connectivity index (χ4n) is 0.727. The zero-order valence-electron chi connectivity index (χ0n) is 7.22. The van der Waals surface area contributed by atoms with Gasteiger partial charge in [0.15, 0.2) is 5.82 Å². The lowest BCUT2D eigenvalue weighted by molar-refractivity contribution is -0.151. The van der Waals surface area contributed by atoms with Gasteiger partial charge in [0.1, 0.15) is 5.92 Å². The van der Waals surface area contributed by atoms with E-state index in [1.165, 1.54) is 0 Å². The molecular formula is C7H9F3N2O. The van der Waals surface area contributed by atoms with E-state index in [2.05, 4.69) is 14.7 Å². The van der Waals surface area contributed by atoms with Crippen molar-refractivity contribution in [1.29, 1.82) is 0 Å². The molecule has 0 aromatic carbocycles. The molecule has 0 saturated heterocycles. The van der Waals surface area contributed by atoms with Crippen LogP contribution in [0.1, 0.15) is 31.5 Å². The lowest BCUT2D eigenvalue weighted by Crippen LogP contribution is -2.17. The lowest BCUT2D eigenvalue weighted by Gasteiger charge is -2.09. The molecule has 1 atom stereocenters. The maximum absolute atomic E-state index is 12.1. The molecular weight excluding hydrogens is 185 g/mol. The molecule has 1 aromatic heterocycles. The van der Waals surface area contributed by atoms with E-state index in [-0.39, 0.29) is 5.89 Å². The zero-order valence-corrected chi connectivity index (χ0v) is 7.22. The van der Waals surface area contributed by atoms with Crippen molar-refractivity contribution in [3.63, 3.8) is 0 Å². The van der Waals surface area contributed by atoms with E-state index in [0.717, 1.165) is 6.92 Å². The van der Waals surface area contributed by atoms with E-state index in [4.69, 9.17) is 0 Å². The van der Waals surface area contributed by atoms with E-state index >= 15 is 0 Å². The van der Waals surface area contributed by atoms with Gasteiger partial charge in [-0.3, -0.25) is 0 Å². The zero-order chi connectivity index (χ0) is 10.1. The smallest absolute Gasteiger partial charge is 0.339 e. The Hall–Kier alpha value is -1.07. The van der Waals surface area contributed by atoms with Crippen LogP contribution in [0.3, 0.4) is 0 Å². The van der Waals surface area contributed by atoms with Crippen LogP contribution in [0.4, 0.5) is 13.2 Å². The largest absolute Gasteiger partial charge is 0.400 e. The summed E-state index contributed by atoms with van der Waals surface area (Å²) in [5.41, 5.74) is 0. The quantitative estimate of drug-likeness (QED) is 0.725. The molecule has 3 nitrogen and oxygen atoms in total. The third-order valence-corrected chi connectivity index (χ3v) is 1.66. The van der Waals surface area contributed by atoms with Crippen LogP contribution in [0.5, 0.6) is 0 Å². The SMILES string of the molecule is CCc1noc(C(C)C(F)(F)F)n1. The van der Waals surface area contributed by atoms with Crippen molar-refractivity contribution in [2.45, 2.75) is 32.4 Å². The molecule has 6 heteroatoms. The van der Waals surface area contributed by atoms with E-state index in [0.29, 0.717) is 12.2 Å². The molecule has 1 rings (SSSR count). The number of aromatic nitrogens is 2. The highest BCUT2D eigenvalue weighted by atomic mass is 19.4. The topological polar surface area (TPSA) is 38.9 Å². The Morgan fingerprint density at radius 3 is 2.46 bits per heavy atom. The molecule has 74 valence electrons. The minimum atomic E-state index is -4.32. The highest BCUT2D eigenvalue weighted by Crippen LogP contribution is 2.33. The minimum absolute atomic E-state index is 0.297. The van der Waals surface area contributed by atoms with Gasteiger partial charge in [-0.2, -0.15) is 18.2 Å². The highest BCUT2D eigenvalue weighted by molar-refractivity contribution is 4.95. The summed E-state index contributed by atoms with van der Waals surface area (Å²) in [5.74, 6) is -1.77. The molecule has 1 heterocycles. The Kier molecular flexibility index (Phi) is 2.58.